The SMILES string of the molecule is CN1CN(CC(N)=O)CC1=O. The number of nitrogens with two attached hydrogens (primary N) is 1. The fourth-order valence-electron chi connectivity index (χ4n) is 1.07. The van der Waals surface area contributed by atoms with Crippen LogP contribution >= 0.6 is 0 Å². The van der Waals surface area contributed by atoms with Crippen LogP contribution in [-0.4, -0.2) is 48.4 Å². The van der Waals surface area contributed by atoms with Crippen LogP contribution in [0.5, 0.6) is 0 Å². The zero-order valence-corrected chi connectivity index (χ0v) is 6.41. The van der Waals surface area contributed by atoms with Crippen molar-refractivity contribution in [2.24, 2.45) is 5.73 Å². The van der Waals surface area contributed by atoms with E-state index in [1.807, 2.05) is 0 Å². The number of hydrogen-bond acceptors (Lipinski definition) is 3. The molecule has 11 heavy (non-hydrogen) atoms. The molecule has 1 saturated heterocycles. The summed E-state index contributed by atoms with van der Waals surface area (Å²) in [6.45, 7) is 0.970. The maximum absolute atomic E-state index is 10.9. The lowest BCUT2D eigenvalue weighted by Crippen LogP contribution is -2.32. The van der Waals surface area contributed by atoms with Crippen LogP contribution < -0.4 is 5.73 Å². The van der Waals surface area contributed by atoms with Crippen LogP contribution in [0.4, 0.5) is 0 Å². The first-order chi connectivity index (χ1) is 5.09. The number of carbonyl (C=O) groups excluding carboxylic acids is 2. The van der Waals surface area contributed by atoms with E-state index < -0.39 is 5.91 Å². The highest BCUT2D eigenvalue weighted by Gasteiger charge is 2.24. The molecular weight excluding hydrogens is 146 g/mol. The molecule has 1 aliphatic heterocycles. The van der Waals surface area contributed by atoms with Crippen molar-refractivity contribution in [3.05, 3.63) is 0 Å². The Morgan fingerprint density at radius 1 is 1.73 bits per heavy atom. The van der Waals surface area contributed by atoms with Crippen LogP contribution in [0.3, 0.4) is 0 Å². The molecule has 0 aliphatic carbocycles. The Bertz CT molecular complexity index is 190. The van der Waals surface area contributed by atoms with Crippen LogP contribution in [0, 0.1) is 0 Å². The van der Waals surface area contributed by atoms with E-state index in [1.54, 1.807) is 16.8 Å². The molecule has 0 radical (unpaired) electrons. The van der Waals surface area contributed by atoms with Gasteiger partial charge in [0.05, 0.1) is 19.8 Å². The second-order valence-corrected chi connectivity index (χ2v) is 2.69. The van der Waals surface area contributed by atoms with Crippen LogP contribution in [0.15, 0.2) is 0 Å². The predicted octanol–water partition coefficient (Wildman–Crippen LogP) is -1.80. The summed E-state index contributed by atoms with van der Waals surface area (Å²) in [5.74, 6) is -0.362. The summed E-state index contributed by atoms with van der Waals surface area (Å²) in [5.41, 5.74) is 4.95. The lowest BCUT2D eigenvalue weighted by atomic mass is 10.5. The van der Waals surface area contributed by atoms with Gasteiger partial charge >= 0.3 is 0 Å². The molecule has 2 amide bonds. The van der Waals surface area contributed by atoms with Gasteiger partial charge in [0.15, 0.2) is 0 Å². The molecule has 1 rings (SSSR count). The lowest BCUT2D eigenvalue weighted by molar-refractivity contribution is -0.125. The summed E-state index contributed by atoms with van der Waals surface area (Å²) < 4.78 is 0. The normalized spacial score (nSPS) is 19.4. The molecule has 5 nitrogen and oxygen atoms in total. The van der Waals surface area contributed by atoms with E-state index in [0.29, 0.717) is 13.2 Å². The topological polar surface area (TPSA) is 66.6 Å². The Kier molecular flexibility index (Phi) is 2.09. The fourth-order valence-corrected chi connectivity index (χ4v) is 1.07. The number of likely N-dealkylation sites (N-methyl/N-ethyl adjacent to an activating group) is 1. The van der Waals surface area contributed by atoms with Gasteiger partial charge in [-0.25, -0.2) is 0 Å². The summed E-state index contributed by atoms with van der Waals surface area (Å²) in [7, 11) is 1.70. The van der Waals surface area contributed by atoms with Gasteiger partial charge in [-0.3, -0.25) is 14.5 Å². The molecule has 5 heteroatoms. The maximum Gasteiger partial charge on any atom is 0.237 e. The van der Waals surface area contributed by atoms with Gasteiger partial charge in [-0.2, -0.15) is 0 Å². The number of primary amides is 1. The van der Waals surface area contributed by atoms with E-state index in [1.165, 1.54) is 0 Å². The molecule has 0 atom stereocenters. The zero-order chi connectivity index (χ0) is 8.43. The average molecular weight is 157 g/mol. The minimum atomic E-state index is -0.395. The highest BCUT2D eigenvalue weighted by Crippen LogP contribution is 2.01. The van der Waals surface area contributed by atoms with Gasteiger partial charge in [0.1, 0.15) is 0 Å². The van der Waals surface area contributed by atoms with Crippen LogP contribution in [0.2, 0.25) is 0 Å². The fraction of sp³-hybridized carbons (Fsp3) is 0.667. The first kappa shape index (κ1) is 8.00. The van der Waals surface area contributed by atoms with Gasteiger partial charge in [0.2, 0.25) is 11.8 Å². The summed E-state index contributed by atoms with van der Waals surface area (Å²) in [4.78, 5) is 24.6. The highest BCUT2D eigenvalue weighted by molar-refractivity contribution is 5.82. The van der Waals surface area contributed by atoms with E-state index in [4.69, 9.17) is 5.73 Å². The van der Waals surface area contributed by atoms with Crippen LogP contribution in [-0.2, 0) is 9.59 Å². The molecule has 0 unspecified atom stereocenters. The number of rotatable bonds is 2. The van der Waals surface area contributed by atoms with E-state index in [9.17, 15) is 9.59 Å². The molecule has 0 saturated carbocycles. The minimum absolute atomic E-state index is 0.0336. The van der Waals surface area contributed by atoms with E-state index in [-0.39, 0.29) is 12.5 Å². The lowest BCUT2D eigenvalue weighted by Gasteiger charge is -2.11. The second-order valence-electron chi connectivity index (χ2n) is 2.69. The van der Waals surface area contributed by atoms with Gasteiger partial charge in [0, 0.05) is 7.05 Å². The van der Waals surface area contributed by atoms with Crippen LogP contribution in [0.25, 0.3) is 0 Å². The Hall–Kier alpha value is -1.10. The monoisotopic (exact) mass is 157 g/mol. The number of nitrogens with zero attached hydrogens (tertiary/aromatic N) is 2. The zero-order valence-electron chi connectivity index (χ0n) is 6.41. The summed E-state index contributed by atoms with van der Waals surface area (Å²) in [5, 5.41) is 0. The van der Waals surface area contributed by atoms with Crippen molar-refractivity contribution in [3.63, 3.8) is 0 Å². The molecule has 62 valence electrons. The number of carbonyl (C=O) groups is 2. The summed E-state index contributed by atoms with van der Waals surface area (Å²) in [6.07, 6.45) is 0. The molecule has 0 spiro atoms. The third-order valence-corrected chi connectivity index (χ3v) is 1.58. The van der Waals surface area contributed by atoms with Crippen molar-refractivity contribution in [1.82, 2.24) is 9.80 Å². The molecule has 0 bridgehead atoms. The van der Waals surface area contributed by atoms with Gasteiger partial charge in [-0.1, -0.05) is 0 Å². The molecule has 1 heterocycles. The first-order valence-corrected chi connectivity index (χ1v) is 3.34. The third-order valence-electron chi connectivity index (χ3n) is 1.58. The molecule has 0 aromatic carbocycles. The van der Waals surface area contributed by atoms with Crippen molar-refractivity contribution in [3.8, 4) is 0 Å². The maximum atomic E-state index is 10.9. The Balaban J connectivity index is 2.41. The van der Waals surface area contributed by atoms with Gasteiger partial charge in [0.25, 0.3) is 0 Å². The summed E-state index contributed by atoms with van der Waals surface area (Å²) in [6, 6.07) is 0. The van der Waals surface area contributed by atoms with Crippen molar-refractivity contribution >= 4 is 11.8 Å². The van der Waals surface area contributed by atoms with Crippen molar-refractivity contribution in [2.75, 3.05) is 26.8 Å². The smallest absolute Gasteiger partial charge is 0.237 e. The second kappa shape index (κ2) is 2.87. The molecule has 1 fully saturated rings. The van der Waals surface area contributed by atoms with Gasteiger partial charge in [-0.05, 0) is 0 Å². The van der Waals surface area contributed by atoms with Crippen molar-refractivity contribution in [2.45, 2.75) is 0 Å². The first-order valence-electron chi connectivity index (χ1n) is 3.34. The molecule has 1 aliphatic rings. The van der Waals surface area contributed by atoms with Crippen molar-refractivity contribution < 1.29 is 9.59 Å². The average Bonchev–Trinajstić information content (AvgIpc) is 2.10. The number of hydrogen-bond donors (Lipinski definition) is 1. The quantitative estimate of drug-likeness (QED) is 0.514. The predicted molar refractivity (Wildman–Crippen MR) is 38.4 cm³/mol. The minimum Gasteiger partial charge on any atom is -0.369 e. The molecular formula is C6H11N3O2. The van der Waals surface area contributed by atoms with E-state index >= 15 is 0 Å². The molecule has 2 N–H and O–H groups in total. The third kappa shape index (κ3) is 1.91. The standard InChI is InChI=1S/C6H11N3O2/c1-8-4-9(2-5(7)10)3-6(8)11/h2-4H2,1H3,(H2,7,10). The van der Waals surface area contributed by atoms with Crippen LogP contribution in [0.1, 0.15) is 0 Å². The Morgan fingerprint density at radius 2 is 2.36 bits per heavy atom. The highest BCUT2D eigenvalue weighted by atomic mass is 16.2. The molecule has 0 aromatic rings. The number of amides is 2. The molecule has 0 aromatic heterocycles. The van der Waals surface area contributed by atoms with Crippen molar-refractivity contribution in [1.29, 1.82) is 0 Å². The van der Waals surface area contributed by atoms with Gasteiger partial charge < -0.3 is 10.6 Å². The van der Waals surface area contributed by atoms with E-state index in [0.717, 1.165) is 0 Å². The van der Waals surface area contributed by atoms with E-state index in [2.05, 4.69) is 0 Å². The summed E-state index contributed by atoms with van der Waals surface area (Å²) >= 11 is 0. The largest absolute Gasteiger partial charge is 0.369 e. The van der Waals surface area contributed by atoms with Gasteiger partial charge in [-0.15, -0.1) is 0 Å². The Labute approximate surface area is 64.7 Å². The Morgan fingerprint density at radius 3 is 2.73 bits per heavy atom.